The number of alkyl halides is 6. The SMILES string of the molecule is O=C(O)c1cc(C(F)F)c(CCl)nc1OC(F)(F)F. The first kappa shape index (κ1) is 15.4. The van der Waals surface area contributed by atoms with Gasteiger partial charge >= 0.3 is 12.3 Å². The molecular formula is C9H5ClF5NO3. The van der Waals surface area contributed by atoms with Gasteiger partial charge in [-0.3, -0.25) is 0 Å². The van der Waals surface area contributed by atoms with Gasteiger partial charge in [-0.05, 0) is 6.07 Å². The van der Waals surface area contributed by atoms with Crippen LogP contribution in [0.1, 0.15) is 28.0 Å². The lowest BCUT2D eigenvalue weighted by atomic mass is 10.1. The van der Waals surface area contributed by atoms with Crippen molar-refractivity contribution in [3.8, 4) is 5.88 Å². The second-order valence-corrected chi connectivity index (χ2v) is 3.43. The van der Waals surface area contributed by atoms with E-state index in [-0.39, 0.29) is 0 Å². The van der Waals surface area contributed by atoms with E-state index in [1.807, 2.05) is 0 Å². The number of pyridine rings is 1. The number of hydrogen-bond acceptors (Lipinski definition) is 3. The van der Waals surface area contributed by atoms with Crippen molar-refractivity contribution in [3.05, 3.63) is 22.9 Å². The molecular weight excluding hydrogens is 301 g/mol. The van der Waals surface area contributed by atoms with Crippen LogP contribution in [0.2, 0.25) is 0 Å². The molecule has 1 aromatic rings. The van der Waals surface area contributed by atoms with Gasteiger partial charge in [-0.15, -0.1) is 24.8 Å². The van der Waals surface area contributed by atoms with Crippen molar-refractivity contribution in [1.29, 1.82) is 0 Å². The largest absolute Gasteiger partial charge is 0.574 e. The van der Waals surface area contributed by atoms with Gasteiger partial charge in [0.25, 0.3) is 6.43 Å². The fourth-order valence-electron chi connectivity index (χ4n) is 1.18. The van der Waals surface area contributed by atoms with Crippen molar-refractivity contribution in [2.24, 2.45) is 0 Å². The average Bonchev–Trinajstić information content (AvgIpc) is 2.25. The molecule has 0 atom stereocenters. The number of carboxylic acid groups (broad SMARTS) is 1. The fraction of sp³-hybridized carbons (Fsp3) is 0.333. The van der Waals surface area contributed by atoms with Crippen LogP contribution in [0.4, 0.5) is 22.0 Å². The van der Waals surface area contributed by atoms with Crippen LogP contribution in [0.5, 0.6) is 5.88 Å². The summed E-state index contributed by atoms with van der Waals surface area (Å²) in [5.74, 6) is -3.83. The Bertz CT molecular complexity index is 491. The van der Waals surface area contributed by atoms with Gasteiger partial charge in [0.15, 0.2) is 0 Å². The van der Waals surface area contributed by atoms with Crippen molar-refractivity contribution in [2.45, 2.75) is 18.7 Å². The maximum Gasteiger partial charge on any atom is 0.574 e. The highest BCUT2D eigenvalue weighted by molar-refractivity contribution is 6.17. The van der Waals surface area contributed by atoms with Crippen molar-refractivity contribution >= 4 is 17.6 Å². The number of nitrogens with zero attached hydrogens (tertiary/aromatic N) is 1. The Kier molecular flexibility index (Phi) is 4.51. The molecule has 0 spiro atoms. The molecule has 1 N–H and O–H groups in total. The molecule has 1 heterocycles. The Morgan fingerprint density at radius 3 is 2.42 bits per heavy atom. The first-order valence-corrected chi connectivity index (χ1v) is 5.06. The summed E-state index contributed by atoms with van der Waals surface area (Å²) >= 11 is 5.27. The molecule has 10 heteroatoms. The zero-order valence-electron chi connectivity index (χ0n) is 8.84. The Hall–Kier alpha value is -1.64. The van der Waals surface area contributed by atoms with E-state index in [0.29, 0.717) is 6.07 Å². The molecule has 0 saturated heterocycles. The van der Waals surface area contributed by atoms with Gasteiger partial charge in [-0.1, -0.05) is 0 Å². The molecule has 1 rings (SSSR count). The summed E-state index contributed by atoms with van der Waals surface area (Å²) in [6, 6.07) is 0.360. The van der Waals surface area contributed by atoms with Gasteiger partial charge in [0.2, 0.25) is 5.88 Å². The molecule has 0 aliphatic rings. The van der Waals surface area contributed by atoms with E-state index in [1.54, 1.807) is 0 Å². The van der Waals surface area contributed by atoms with Crippen molar-refractivity contribution in [2.75, 3.05) is 0 Å². The average molecular weight is 306 g/mol. The van der Waals surface area contributed by atoms with Crippen LogP contribution in [0.25, 0.3) is 0 Å². The smallest absolute Gasteiger partial charge is 0.477 e. The predicted octanol–water partition coefficient (Wildman–Crippen LogP) is 3.35. The summed E-state index contributed by atoms with van der Waals surface area (Å²) in [4.78, 5) is 13.8. The molecule has 0 saturated carbocycles. The normalized spacial score (nSPS) is 11.7. The molecule has 0 fully saturated rings. The summed E-state index contributed by atoms with van der Waals surface area (Å²) in [5.41, 5.74) is -2.57. The number of carboxylic acids is 1. The number of ether oxygens (including phenoxy) is 1. The van der Waals surface area contributed by atoms with E-state index in [4.69, 9.17) is 16.7 Å². The van der Waals surface area contributed by atoms with Gasteiger partial charge in [-0.2, -0.15) is 0 Å². The molecule has 106 valence electrons. The van der Waals surface area contributed by atoms with Crippen molar-refractivity contribution in [1.82, 2.24) is 4.98 Å². The second kappa shape index (κ2) is 5.55. The Morgan fingerprint density at radius 1 is 1.47 bits per heavy atom. The van der Waals surface area contributed by atoms with Gasteiger partial charge < -0.3 is 9.84 Å². The highest BCUT2D eigenvalue weighted by Gasteiger charge is 2.35. The number of aromatic nitrogens is 1. The summed E-state index contributed by atoms with van der Waals surface area (Å²) in [6.45, 7) is 0. The number of carbonyl (C=O) groups is 1. The molecule has 4 nitrogen and oxygen atoms in total. The first-order valence-electron chi connectivity index (χ1n) is 4.52. The van der Waals surface area contributed by atoms with Gasteiger partial charge in [0.05, 0.1) is 11.6 Å². The Morgan fingerprint density at radius 2 is 2.05 bits per heavy atom. The summed E-state index contributed by atoms with van der Waals surface area (Å²) in [5, 5.41) is 8.67. The van der Waals surface area contributed by atoms with E-state index >= 15 is 0 Å². The minimum atomic E-state index is -5.20. The third kappa shape index (κ3) is 3.91. The van der Waals surface area contributed by atoms with Gasteiger partial charge in [0.1, 0.15) is 5.56 Å². The lowest BCUT2D eigenvalue weighted by Gasteiger charge is -2.13. The van der Waals surface area contributed by atoms with Crippen molar-refractivity contribution in [3.63, 3.8) is 0 Å². The van der Waals surface area contributed by atoms with Gasteiger partial charge in [-0.25, -0.2) is 18.6 Å². The molecule has 0 radical (unpaired) electrons. The minimum Gasteiger partial charge on any atom is -0.477 e. The monoisotopic (exact) mass is 305 g/mol. The van der Waals surface area contributed by atoms with Crippen molar-refractivity contribution < 1.29 is 36.6 Å². The first-order chi connectivity index (χ1) is 8.65. The molecule has 0 amide bonds. The van der Waals surface area contributed by atoms with Crippen LogP contribution in [-0.4, -0.2) is 22.4 Å². The fourth-order valence-corrected chi connectivity index (χ4v) is 1.40. The highest BCUT2D eigenvalue weighted by Crippen LogP contribution is 2.31. The standard InChI is InChI=1S/C9H5ClF5NO3/c10-2-5-3(6(11)12)1-4(8(17)18)7(16-5)19-9(13,14)15/h1,6H,2H2,(H,17,18). The maximum absolute atomic E-state index is 12.6. The summed E-state index contributed by atoms with van der Waals surface area (Å²) in [7, 11) is 0. The number of aromatic carboxylic acids is 1. The van der Waals surface area contributed by atoms with E-state index in [0.717, 1.165) is 0 Å². The number of hydrogen-bond donors (Lipinski definition) is 1. The van der Waals surface area contributed by atoms with E-state index in [1.165, 1.54) is 0 Å². The molecule has 0 aliphatic heterocycles. The maximum atomic E-state index is 12.6. The molecule has 19 heavy (non-hydrogen) atoms. The second-order valence-electron chi connectivity index (χ2n) is 3.16. The third-order valence-electron chi connectivity index (χ3n) is 1.90. The highest BCUT2D eigenvalue weighted by atomic mass is 35.5. The Labute approximate surface area is 107 Å². The third-order valence-corrected chi connectivity index (χ3v) is 2.16. The predicted molar refractivity (Wildman–Crippen MR) is 52.4 cm³/mol. The zero-order valence-corrected chi connectivity index (χ0v) is 9.60. The molecule has 0 aliphatic carbocycles. The van der Waals surface area contributed by atoms with E-state index < -0.39 is 47.3 Å². The van der Waals surface area contributed by atoms with Crippen LogP contribution in [0.15, 0.2) is 6.07 Å². The quantitative estimate of drug-likeness (QED) is 0.684. The molecule has 0 unspecified atom stereocenters. The Balaban J connectivity index is 3.40. The van der Waals surface area contributed by atoms with Crippen LogP contribution in [0, 0.1) is 0 Å². The topological polar surface area (TPSA) is 59.4 Å². The van der Waals surface area contributed by atoms with E-state index in [2.05, 4.69) is 9.72 Å². The lowest BCUT2D eigenvalue weighted by molar-refractivity contribution is -0.276. The molecule has 0 bridgehead atoms. The minimum absolute atomic E-state index is 0.360. The molecule has 0 aromatic carbocycles. The summed E-state index contributed by atoms with van der Waals surface area (Å²) in [6.07, 6.45) is -8.33. The zero-order chi connectivity index (χ0) is 14.8. The van der Waals surface area contributed by atoms with Gasteiger partial charge in [0, 0.05) is 5.56 Å². The van der Waals surface area contributed by atoms with Crippen LogP contribution in [0.3, 0.4) is 0 Å². The van der Waals surface area contributed by atoms with E-state index in [9.17, 15) is 26.7 Å². The van der Waals surface area contributed by atoms with Crippen LogP contribution in [-0.2, 0) is 5.88 Å². The number of rotatable bonds is 4. The number of halogens is 6. The summed E-state index contributed by atoms with van der Waals surface area (Å²) < 4.78 is 64.7. The van der Waals surface area contributed by atoms with Crippen LogP contribution < -0.4 is 4.74 Å². The van der Waals surface area contributed by atoms with Crippen LogP contribution >= 0.6 is 11.6 Å². The lowest BCUT2D eigenvalue weighted by Crippen LogP contribution is -2.21. The molecule has 1 aromatic heterocycles.